The van der Waals surface area contributed by atoms with Crippen LogP contribution in [0.1, 0.15) is 12.8 Å². The second kappa shape index (κ2) is 7.98. The molecule has 4 heteroatoms. The van der Waals surface area contributed by atoms with Gasteiger partial charge in [0.05, 0.1) is 6.61 Å². The third-order valence-corrected chi connectivity index (χ3v) is 3.08. The van der Waals surface area contributed by atoms with Crippen LogP contribution in [-0.2, 0) is 9.09 Å². The minimum absolute atomic E-state index is 0.208. The van der Waals surface area contributed by atoms with Crippen LogP contribution < -0.4 is 0 Å². The van der Waals surface area contributed by atoms with E-state index < -0.39 is 0 Å². The van der Waals surface area contributed by atoms with E-state index in [4.69, 9.17) is 4.52 Å². The number of hydrogen-bond donors (Lipinski definition) is 0. The molecule has 0 radical (unpaired) electrons. The first-order valence-corrected chi connectivity index (χ1v) is 6.27. The smallest absolute Gasteiger partial charge is 0.294 e. The molecule has 0 bridgehead atoms. The van der Waals surface area contributed by atoms with Crippen molar-refractivity contribution < 1.29 is 9.09 Å². The van der Waals surface area contributed by atoms with E-state index in [2.05, 4.69) is 12.1 Å². The molecule has 0 aromatic heterocycles. The average molecular weight is 228 g/mol. The van der Waals surface area contributed by atoms with Gasteiger partial charge in [-0.05, 0) is 30.7 Å². The summed E-state index contributed by atoms with van der Waals surface area (Å²) in [5.41, 5.74) is 0. The van der Waals surface area contributed by atoms with E-state index in [1.807, 2.05) is 30.0 Å². The molecule has 0 fully saturated rings. The second-order valence-electron chi connectivity index (χ2n) is 2.78. The topological polar surface area (TPSA) is 26.3 Å². The Morgan fingerprint density at radius 1 is 1.21 bits per heavy atom. The van der Waals surface area contributed by atoms with Crippen LogP contribution in [0.3, 0.4) is 0 Å². The molecule has 1 rings (SSSR count). The first-order chi connectivity index (χ1) is 6.93. The summed E-state index contributed by atoms with van der Waals surface area (Å²) in [6.45, 7) is 0.584. The molecular formula is C10H13O2PS. The van der Waals surface area contributed by atoms with Crippen LogP contribution in [0.5, 0.6) is 0 Å². The summed E-state index contributed by atoms with van der Waals surface area (Å²) in [5, 5.41) is 0. The van der Waals surface area contributed by atoms with Crippen molar-refractivity contribution >= 4 is 20.4 Å². The Balaban J connectivity index is 2.02. The zero-order valence-electron chi connectivity index (χ0n) is 7.89. The normalized spacial score (nSPS) is 10.6. The zero-order valence-corrected chi connectivity index (χ0v) is 9.60. The molecule has 0 saturated carbocycles. The molecule has 1 aromatic carbocycles. The predicted octanol–water partition coefficient (Wildman–Crippen LogP) is 3.78. The Morgan fingerprint density at radius 2 is 2.00 bits per heavy atom. The molecule has 0 saturated heterocycles. The number of unbranched alkanes of at least 4 members (excludes halogenated alkanes) is 1. The summed E-state index contributed by atoms with van der Waals surface area (Å²) >= 11 is 1.84. The molecular weight excluding hydrogens is 215 g/mol. The monoisotopic (exact) mass is 228 g/mol. The molecule has 0 unspecified atom stereocenters. The predicted molar refractivity (Wildman–Crippen MR) is 60.0 cm³/mol. The van der Waals surface area contributed by atoms with Crippen LogP contribution in [0.25, 0.3) is 0 Å². The van der Waals surface area contributed by atoms with Crippen molar-refractivity contribution in [2.24, 2.45) is 0 Å². The van der Waals surface area contributed by atoms with Gasteiger partial charge in [0.25, 0.3) is 0 Å². The molecule has 14 heavy (non-hydrogen) atoms. The van der Waals surface area contributed by atoms with Gasteiger partial charge in [0, 0.05) is 4.90 Å². The summed E-state index contributed by atoms with van der Waals surface area (Å²) in [6.07, 6.45) is 2.06. The lowest BCUT2D eigenvalue weighted by atomic mass is 10.4. The highest BCUT2D eigenvalue weighted by atomic mass is 32.2. The lowest BCUT2D eigenvalue weighted by Crippen LogP contribution is -1.86. The second-order valence-corrected chi connectivity index (χ2v) is 4.35. The highest BCUT2D eigenvalue weighted by molar-refractivity contribution is 7.99. The van der Waals surface area contributed by atoms with E-state index in [-0.39, 0.29) is 8.69 Å². The lowest BCUT2D eigenvalue weighted by molar-refractivity contribution is 0.334. The van der Waals surface area contributed by atoms with Crippen molar-refractivity contribution in [3.8, 4) is 0 Å². The summed E-state index contributed by atoms with van der Waals surface area (Å²) in [4.78, 5) is 1.30. The van der Waals surface area contributed by atoms with Gasteiger partial charge < -0.3 is 0 Å². The van der Waals surface area contributed by atoms with Crippen LogP contribution >= 0.6 is 20.4 Å². The van der Waals surface area contributed by atoms with Gasteiger partial charge in [-0.25, -0.2) is 4.57 Å². The maximum absolute atomic E-state index is 9.93. The summed E-state index contributed by atoms with van der Waals surface area (Å²) < 4.78 is 14.6. The van der Waals surface area contributed by atoms with Gasteiger partial charge in [-0.1, -0.05) is 18.2 Å². The van der Waals surface area contributed by atoms with Crippen LogP contribution in [-0.4, -0.2) is 12.4 Å². The van der Waals surface area contributed by atoms with E-state index in [0.29, 0.717) is 6.61 Å². The van der Waals surface area contributed by atoms with Gasteiger partial charge in [-0.2, -0.15) is 0 Å². The Kier molecular flexibility index (Phi) is 6.67. The standard InChI is InChI=1S/C10H13O2PS/c11-13-12-8-4-5-9-14-10-6-2-1-3-7-10/h1-3,6-7H,4-5,8-9H2. The van der Waals surface area contributed by atoms with Gasteiger partial charge in [-0.3, -0.25) is 4.52 Å². The summed E-state index contributed by atoms with van der Waals surface area (Å²) in [5.74, 6) is 1.09. The quantitative estimate of drug-likeness (QED) is 0.403. The number of hydrogen-bond acceptors (Lipinski definition) is 3. The van der Waals surface area contributed by atoms with E-state index in [1.165, 1.54) is 4.90 Å². The van der Waals surface area contributed by atoms with E-state index in [0.717, 1.165) is 18.6 Å². The SMILES string of the molecule is O=POCCCCSc1ccccc1. The molecule has 0 N–H and O–H groups in total. The van der Waals surface area contributed by atoms with Gasteiger partial charge >= 0.3 is 8.69 Å². The Morgan fingerprint density at radius 3 is 2.71 bits per heavy atom. The molecule has 2 nitrogen and oxygen atoms in total. The lowest BCUT2D eigenvalue weighted by Gasteiger charge is -2.00. The van der Waals surface area contributed by atoms with Crippen molar-refractivity contribution in [2.75, 3.05) is 12.4 Å². The molecule has 0 spiro atoms. The van der Waals surface area contributed by atoms with E-state index in [1.54, 1.807) is 0 Å². The fourth-order valence-corrected chi connectivity index (χ4v) is 2.15. The van der Waals surface area contributed by atoms with Crippen molar-refractivity contribution in [1.29, 1.82) is 0 Å². The Bertz CT molecular complexity index is 254. The van der Waals surface area contributed by atoms with Crippen LogP contribution in [0, 0.1) is 0 Å². The Labute approximate surface area is 90.3 Å². The summed E-state index contributed by atoms with van der Waals surface area (Å²) in [6, 6.07) is 10.3. The van der Waals surface area contributed by atoms with Gasteiger partial charge in [-0.15, -0.1) is 11.8 Å². The first kappa shape index (κ1) is 11.7. The summed E-state index contributed by atoms with van der Waals surface area (Å²) in [7, 11) is -0.208. The third kappa shape index (κ3) is 5.38. The van der Waals surface area contributed by atoms with Crippen LogP contribution in [0.4, 0.5) is 0 Å². The molecule has 1 aromatic rings. The molecule has 0 heterocycles. The molecule has 0 aliphatic heterocycles. The van der Waals surface area contributed by atoms with Gasteiger partial charge in [0.1, 0.15) is 0 Å². The van der Waals surface area contributed by atoms with Crippen molar-refractivity contribution in [3.63, 3.8) is 0 Å². The fraction of sp³-hybridized carbons (Fsp3) is 0.400. The van der Waals surface area contributed by atoms with Gasteiger partial charge in [0.15, 0.2) is 0 Å². The zero-order chi connectivity index (χ0) is 10.1. The van der Waals surface area contributed by atoms with Crippen molar-refractivity contribution in [2.45, 2.75) is 17.7 Å². The van der Waals surface area contributed by atoms with E-state index in [9.17, 15) is 4.57 Å². The average Bonchev–Trinajstić information content (AvgIpc) is 2.25. The minimum atomic E-state index is -0.208. The highest BCUT2D eigenvalue weighted by Gasteiger charge is 1.93. The molecule has 0 atom stereocenters. The van der Waals surface area contributed by atoms with Gasteiger partial charge in [0.2, 0.25) is 0 Å². The largest absolute Gasteiger partial charge is 0.327 e. The highest BCUT2D eigenvalue weighted by Crippen LogP contribution is 2.18. The number of rotatable bonds is 7. The fourth-order valence-electron chi connectivity index (χ4n) is 1.01. The number of thioether (sulfide) groups is 1. The maximum atomic E-state index is 9.93. The third-order valence-electron chi connectivity index (χ3n) is 1.69. The molecule has 76 valence electrons. The minimum Gasteiger partial charge on any atom is -0.294 e. The van der Waals surface area contributed by atoms with Crippen LogP contribution in [0.15, 0.2) is 35.2 Å². The van der Waals surface area contributed by atoms with E-state index >= 15 is 0 Å². The van der Waals surface area contributed by atoms with Crippen molar-refractivity contribution in [1.82, 2.24) is 0 Å². The molecule has 0 amide bonds. The molecule has 0 aliphatic carbocycles. The maximum Gasteiger partial charge on any atom is 0.327 e. The molecule has 0 aliphatic rings. The Hall–Kier alpha value is -0.370. The number of benzene rings is 1. The van der Waals surface area contributed by atoms with Crippen molar-refractivity contribution in [3.05, 3.63) is 30.3 Å². The first-order valence-electron chi connectivity index (χ1n) is 4.56. The van der Waals surface area contributed by atoms with Crippen LogP contribution in [0.2, 0.25) is 0 Å².